The van der Waals surface area contributed by atoms with Crippen molar-refractivity contribution < 1.29 is 49.4 Å². The van der Waals surface area contributed by atoms with Crippen molar-refractivity contribution in [3.63, 3.8) is 0 Å². The highest BCUT2D eigenvalue weighted by atomic mass is 19.4. The van der Waals surface area contributed by atoms with E-state index in [2.05, 4.69) is 0 Å². The van der Waals surface area contributed by atoms with Gasteiger partial charge in [0.15, 0.2) is 0 Å². The zero-order chi connectivity index (χ0) is 17.9. The molecule has 0 radical (unpaired) electrons. The number of carbonyl (C=O) groups excluding carboxylic acids is 1. The van der Waals surface area contributed by atoms with Crippen LogP contribution in [0.4, 0.5) is 39.5 Å². The van der Waals surface area contributed by atoms with Crippen molar-refractivity contribution in [1.29, 1.82) is 0 Å². The Hall–Kier alpha value is -1.20. The van der Waals surface area contributed by atoms with Crippen LogP contribution in [0, 0.1) is 0 Å². The summed E-state index contributed by atoms with van der Waals surface area (Å²) in [5.74, 6) is -28.0. The van der Waals surface area contributed by atoms with Gasteiger partial charge in [-0.3, -0.25) is 4.79 Å². The zero-order valence-corrected chi connectivity index (χ0v) is 11.0. The number of rotatable bonds is 3. The Morgan fingerprint density at radius 3 is 1.45 bits per heavy atom. The van der Waals surface area contributed by atoms with E-state index in [-0.39, 0.29) is 0 Å². The Kier molecular flexibility index (Phi) is 3.98. The summed E-state index contributed by atoms with van der Waals surface area (Å²) in [4.78, 5) is 11.6. The molecule has 12 heteroatoms. The average Bonchev–Trinajstić information content (AvgIpc) is 2.39. The normalized spacial score (nSPS) is 28.2. The summed E-state index contributed by atoms with van der Waals surface area (Å²) in [6.07, 6.45) is -5.57. The molecule has 130 valence electrons. The fourth-order valence-corrected chi connectivity index (χ4v) is 2.00. The number of halogens is 9. The number of hydrogen-bond acceptors (Lipinski definition) is 2. The molecule has 1 amide bonds. The predicted molar refractivity (Wildman–Crippen MR) is 52.9 cm³/mol. The maximum Gasteiger partial charge on any atom is 0.381 e. The molecule has 22 heavy (non-hydrogen) atoms. The van der Waals surface area contributed by atoms with Crippen molar-refractivity contribution in [2.45, 2.75) is 41.9 Å². The van der Waals surface area contributed by atoms with Crippen molar-refractivity contribution in [2.24, 2.45) is 0 Å². The number of carbonyl (C=O) groups is 1. The molecule has 0 spiro atoms. The van der Waals surface area contributed by atoms with Gasteiger partial charge in [0.25, 0.3) is 11.6 Å². The van der Waals surface area contributed by atoms with Gasteiger partial charge < -0.3 is 10.0 Å². The van der Waals surface area contributed by atoms with E-state index in [9.17, 15) is 44.3 Å². The van der Waals surface area contributed by atoms with Crippen LogP contribution in [0.3, 0.4) is 0 Å². The Morgan fingerprint density at radius 1 is 0.864 bits per heavy atom. The first-order valence-electron chi connectivity index (χ1n) is 5.58. The molecule has 0 aliphatic heterocycles. The van der Waals surface area contributed by atoms with Gasteiger partial charge in [-0.05, 0) is 0 Å². The molecule has 1 aliphatic carbocycles. The lowest BCUT2D eigenvalue weighted by Crippen LogP contribution is -2.57. The molecule has 3 nitrogen and oxygen atoms in total. The smallest absolute Gasteiger partial charge is 0.381 e. The third-order valence-electron chi connectivity index (χ3n) is 3.38. The van der Waals surface area contributed by atoms with Crippen LogP contribution < -0.4 is 0 Å². The van der Waals surface area contributed by atoms with Gasteiger partial charge in [0.2, 0.25) is 0 Å². The second-order valence-corrected chi connectivity index (χ2v) is 5.05. The van der Waals surface area contributed by atoms with E-state index in [1.807, 2.05) is 0 Å². The summed E-state index contributed by atoms with van der Waals surface area (Å²) >= 11 is 0. The van der Waals surface area contributed by atoms with Gasteiger partial charge in [0.05, 0.1) is 0 Å². The molecular formula is C10H10F9NO2. The highest BCUT2D eigenvalue weighted by molar-refractivity contribution is 5.80. The van der Waals surface area contributed by atoms with Gasteiger partial charge in [-0.25, -0.2) is 4.39 Å². The molecule has 0 heterocycles. The van der Waals surface area contributed by atoms with E-state index in [1.165, 1.54) is 0 Å². The van der Waals surface area contributed by atoms with E-state index in [1.54, 1.807) is 0 Å². The molecule has 0 aromatic carbocycles. The minimum absolute atomic E-state index is 0.454. The Bertz CT molecular complexity index is 451. The second-order valence-electron chi connectivity index (χ2n) is 5.05. The maximum atomic E-state index is 13.9. The van der Waals surface area contributed by atoms with Gasteiger partial charge in [0, 0.05) is 20.5 Å². The second kappa shape index (κ2) is 4.65. The van der Waals surface area contributed by atoms with Crippen LogP contribution in [0.15, 0.2) is 0 Å². The molecule has 1 aliphatic rings. The Balaban J connectivity index is 3.40. The highest BCUT2D eigenvalue weighted by Crippen LogP contribution is 2.70. The molecule has 1 fully saturated rings. The third kappa shape index (κ3) is 1.85. The number of nitrogens with zero attached hydrogens (tertiary/aromatic N) is 1. The van der Waals surface area contributed by atoms with Gasteiger partial charge in [-0.2, -0.15) is 35.1 Å². The molecule has 0 saturated heterocycles. The summed E-state index contributed by atoms with van der Waals surface area (Å²) in [6.45, 7) is 0. The van der Waals surface area contributed by atoms with Crippen molar-refractivity contribution >= 4 is 5.91 Å². The van der Waals surface area contributed by atoms with Gasteiger partial charge >= 0.3 is 23.7 Å². The van der Waals surface area contributed by atoms with Crippen molar-refractivity contribution in [3.05, 3.63) is 0 Å². The summed E-state index contributed by atoms with van der Waals surface area (Å²) < 4.78 is 119. The van der Waals surface area contributed by atoms with Gasteiger partial charge in [-0.1, -0.05) is 0 Å². The number of aliphatic hydroxyl groups is 1. The zero-order valence-electron chi connectivity index (χ0n) is 11.0. The Morgan fingerprint density at radius 2 is 1.18 bits per heavy atom. The van der Waals surface area contributed by atoms with Crippen molar-refractivity contribution in [3.8, 4) is 0 Å². The molecule has 1 unspecified atom stereocenters. The first-order chi connectivity index (χ1) is 9.49. The van der Waals surface area contributed by atoms with Crippen LogP contribution in [0.1, 0.15) is 6.42 Å². The molecule has 0 aromatic heterocycles. The van der Waals surface area contributed by atoms with E-state index < -0.39 is 47.8 Å². The molecular weight excluding hydrogens is 337 g/mol. The number of aliphatic hydroxyl groups excluding tert-OH is 1. The van der Waals surface area contributed by atoms with E-state index in [4.69, 9.17) is 5.11 Å². The number of amides is 1. The number of alkyl halides is 9. The molecule has 0 bridgehead atoms. The van der Waals surface area contributed by atoms with E-state index in [0.717, 1.165) is 14.1 Å². The van der Waals surface area contributed by atoms with Gasteiger partial charge in [0.1, 0.15) is 6.10 Å². The lowest BCUT2D eigenvalue weighted by molar-refractivity contribution is -0.303. The van der Waals surface area contributed by atoms with Crippen LogP contribution in [0.5, 0.6) is 0 Å². The predicted octanol–water partition coefficient (Wildman–Crippen LogP) is 2.09. The fraction of sp³-hybridized carbons (Fsp3) is 0.900. The average molecular weight is 347 g/mol. The standard InChI is InChI=1S/C10H10F9NO2/c1-20(2)5(22)4(21)3-6(11)7(12,13)9(16,17)10(18,19)8(6,14)15/h4,21H,3H2,1-2H3. The number of hydrogen-bond donors (Lipinski definition) is 1. The van der Waals surface area contributed by atoms with Crippen molar-refractivity contribution in [2.75, 3.05) is 14.1 Å². The molecule has 1 saturated carbocycles. The molecule has 1 rings (SSSR count). The maximum absolute atomic E-state index is 13.9. The summed E-state index contributed by atoms with van der Waals surface area (Å²) in [7, 11) is 1.81. The summed E-state index contributed by atoms with van der Waals surface area (Å²) in [6, 6.07) is 0. The minimum Gasteiger partial charge on any atom is -0.383 e. The number of likely N-dealkylation sites (N-methyl/N-ethyl adjacent to an activating group) is 1. The topological polar surface area (TPSA) is 40.5 Å². The quantitative estimate of drug-likeness (QED) is 0.795. The van der Waals surface area contributed by atoms with E-state index >= 15 is 0 Å². The lowest BCUT2D eigenvalue weighted by Gasteiger charge is -2.32. The fourth-order valence-electron chi connectivity index (χ4n) is 2.00. The lowest BCUT2D eigenvalue weighted by atomic mass is 9.89. The van der Waals surface area contributed by atoms with Crippen LogP contribution >= 0.6 is 0 Å². The molecule has 0 aromatic rings. The van der Waals surface area contributed by atoms with Crippen LogP contribution in [0.2, 0.25) is 0 Å². The third-order valence-corrected chi connectivity index (χ3v) is 3.38. The first kappa shape index (κ1) is 18.8. The van der Waals surface area contributed by atoms with Crippen LogP contribution in [-0.2, 0) is 4.79 Å². The minimum atomic E-state index is -6.71. The SMILES string of the molecule is CN(C)C(=O)C(O)CC1(F)C(F)(F)C(F)(F)C(F)(F)C1(F)F. The Labute approximate surface area is 117 Å². The van der Waals surface area contributed by atoms with Crippen molar-refractivity contribution in [1.82, 2.24) is 4.90 Å². The van der Waals surface area contributed by atoms with Crippen LogP contribution in [-0.4, -0.2) is 65.5 Å². The first-order valence-corrected chi connectivity index (χ1v) is 5.58. The summed E-state index contributed by atoms with van der Waals surface area (Å²) in [5.41, 5.74) is -5.82. The van der Waals surface area contributed by atoms with E-state index in [0.29, 0.717) is 4.90 Å². The molecule has 1 N–H and O–H groups in total. The largest absolute Gasteiger partial charge is 0.383 e. The van der Waals surface area contributed by atoms with Crippen LogP contribution in [0.25, 0.3) is 0 Å². The monoisotopic (exact) mass is 347 g/mol. The molecule has 1 atom stereocenters. The summed E-state index contributed by atoms with van der Waals surface area (Å²) in [5, 5.41) is 9.13. The van der Waals surface area contributed by atoms with Gasteiger partial charge in [-0.15, -0.1) is 0 Å². The highest BCUT2D eigenvalue weighted by Gasteiger charge is 3.00.